The monoisotopic (exact) mass is 472 g/mol. The topological polar surface area (TPSA) is 62.6 Å². The third kappa shape index (κ3) is 10.5. The van der Waals surface area contributed by atoms with Gasteiger partial charge in [-0.1, -0.05) is 66.2 Å². The number of hydrogen-bond donors (Lipinski definition) is 0. The number of unbranched alkanes of at least 4 members (excludes halogenated alkanes) is 2. The summed E-state index contributed by atoms with van der Waals surface area (Å²) in [5, 5.41) is 9.67. The van der Waals surface area contributed by atoms with Crippen LogP contribution in [-0.4, -0.2) is 37.2 Å². The van der Waals surface area contributed by atoms with Gasteiger partial charge < -0.3 is 14.4 Å². The van der Waals surface area contributed by atoms with Crippen molar-refractivity contribution < 1.29 is 14.3 Å². The van der Waals surface area contributed by atoms with Crippen molar-refractivity contribution in [1.82, 2.24) is 4.90 Å². The van der Waals surface area contributed by atoms with E-state index in [0.29, 0.717) is 24.0 Å². The van der Waals surface area contributed by atoms with Gasteiger partial charge in [-0.2, -0.15) is 5.26 Å². The van der Waals surface area contributed by atoms with Gasteiger partial charge in [0.05, 0.1) is 6.61 Å². The highest BCUT2D eigenvalue weighted by Crippen LogP contribution is 2.25. The van der Waals surface area contributed by atoms with E-state index in [-0.39, 0.29) is 5.57 Å². The standard InChI is InChI=1S/C29H48N2O3/c1-7-11-14-25(9-3)21-33-17-13-16-31-23(5)18-27(19-24(31)6)28(20-30)29(32)34-22-26(10-4)15-12-8-2/h18-19,25-26H,7-17,21-22H2,1-6H3. The molecule has 0 radical (unpaired) electrons. The van der Waals surface area contributed by atoms with Crippen molar-refractivity contribution in [3.63, 3.8) is 0 Å². The largest absolute Gasteiger partial charge is 0.461 e. The number of esters is 1. The molecule has 1 rings (SSSR count). The van der Waals surface area contributed by atoms with Gasteiger partial charge in [0.2, 0.25) is 0 Å². The van der Waals surface area contributed by atoms with Gasteiger partial charge in [-0.15, -0.1) is 0 Å². The summed E-state index contributed by atoms with van der Waals surface area (Å²) < 4.78 is 11.5. The summed E-state index contributed by atoms with van der Waals surface area (Å²) in [4.78, 5) is 14.9. The van der Waals surface area contributed by atoms with E-state index < -0.39 is 5.97 Å². The number of carbonyl (C=O) groups is 1. The van der Waals surface area contributed by atoms with E-state index >= 15 is 0 Å². The molecule has 2 unspecified atom stereocenters. The van der Waals surface area contributed by atoms with Crippen molar-refractivity contribution in [2.45, 2.75) is 99.3 Å². The van der Waals surface area contributed by atoms with Crippen molar-refractivity contribution in [3.05, 3.63) is 34.7 Å². The minimum absolute atomic E-state index is 0.0877. The SMILES string of the molecule is CCCCC(CC)COCCCN1C(C)=CC(=C(C#N)C(=O)OCC(CC)CCCC)C=C1C. The Balaban J connectivity index is 2.65. The molecule has 0 bridgehead atoms. The summed E-state index contributed by atoms with van der Waals surface area (Å²) in [6, 6.07) is 2.08. The fourth-order valence-electron chi connectivity index (χ4n) is 4.29. The molecule has 2 atom stereocenters. The molecule has 0 saturated heterocycles. The second kappa shape index (κ2) is 17.4. The second-order valence-corrected chi connectivity index (χ2v) is 9.53. The minimum atomic E-state index is -0.518. The van der Waals surface area contributed by atoms with Gasteiger partial charge in [0.1, 0.15) is 11.6 Å². The van der Waals surface area contributed by atoms with Crippen LogP contribution in [0.5, 0.6) is 0 Å². The molecule has 0 aromatic carbocycles. The molecule has 5 nitrogen and oxygen atoms in total. The maximum absolute atomic E-state index is 12.7. The van der Waals surface area contributed by atoms with Crippen LogP contribution >= 0.6 is 0 Å². The van der Waals surface area contributed by atoms with Gasteiger partial charge in [0.15, 0.2) is 0 Å². The summed E-state index contributed by atoms with van der Waals surface area (Å²) in [6.45, 7) is 15.6. The molecule has 0 aromatic heterocycles. The van der Waals surface area contributed by atoms with Crippen LogP contribution in [0.4, 0.5) is 0 Å². The Hall–Kier alpha value is -2.06. The Bertz CT molecular complexity index is 723. The molecular formula is C29H48N2O3. The van der Waals surface area contributed by atoms with E-state index in [2.05, 4.69) is 38.7 Å². The van der Waals surface area contributed by atoms with Crippen molar-refractivity contribution in [3.8, 4) is 6.07 Å². The van der Waals surface area contributed by atoms with Crippen LogP contribution in [-0.2, 0) is 14.3 Å². The summed E-state index contributed by atoms with van der Waals surface area (Å²) in [5.41, 5.74) is 2.78. The lowest BCUT2D eigenvalue weighted by molar-refractivity contribution is -0.140. The normalized spacial score (nSPS) is 15.3. The Morgan fingerprint density at radius 3 is 2.00 bits per heavy atom. The summed E-state index contributed by atoms with van der Waals surface area (Å²) >= 11 is 0. The molecule has 0 amide bonds. The first-order valence-electron chi connectivity index (χ1n) is 13.4. The van der Waals surface area contributed by atoms with Crippen LogP contribution in [0.25, 0.3) is 0 Å². The summed E-state index contributed by atoms with van der Waals surface area (Å²) in [6.07, 6.45) is 14.0. The van der Waals surface area contributed by atoms with Crippen LogP contribution in [0.15, 0.2) is 34.7 Å². The van der Waals surface area contributed by atoms with E-state index in [1.165, 1.54) is 25.7 Å². The van der Waals surface area contributed by atoms with E-state index in [9.17, 15) is 10.1 Å². The number of hydrogen-bond acceptors (Lipinski definition) is 5. The molecule has 0 aliphatic carbocycles. The van der Waals surface area contributed by atoms with E-state index in [1.807, 2.05) is 26.0 Å². The van der Waals surface area contributed by atoms with Gasteiger partial charge >= 0.3 is 5.97 Å². The lowest BCUT2D eigenvalue weighted by Crippen LogP contribution is -2.25. The summed E-state index contributed by atoms with van der Waals surface area (Å²) in [7, 11) is 0. The van der Waals surface area contributed by atoms with Crippen molar-refractivity contribution >= 4 is 5.97 Å². The van der Waals surface area contributed by atoms with E-state index in [4.69, 9.17) is 9.47 Å². The average Bonchev–Trinajstić information content (AvgIpc) is 2.82. The number of carbonyl (C=O) groups excluding carboxylic acids is 1. The Labute approximate surface area is 208 Å². The van der Waals surface area contributed by atoms with Crippen LogP contribution < -0.4 is 0 Å². The number of rotatable bonds is 17. The maximum atomic E-state index is 12.7. The molecule has 0 aromatic rings. The van der Waals surface area contributed by atoms with Crippen LogP contribution in [0, 0.1) is 23.2 Å². The number of nitrogens with zero attached hydrogens (tertiary/aromatic N) is 2. The Morgan fingerprint density at radius 2 is 1.50 bits per heavy atom. The molecule has 1 aliphatic heterocycles. The van der Waals surface area contributed by atoms with Gasteiger partial charge in [-0.25, -0.2) is 4.79 Å². The average molecular weight is 473 g/mol. The zero-order valence-electron chi connectivity index (χ0n) is 22.6. The maximum Gasteiger partial charge on any atom is 0.349 e. The fraction of sp³-hybridized carbons (Fsp3) is 0.724. The van der Waals surface area contributed by atoms with Gasteiger partial charge in [-0.05, 0) is 57.1 Å². The molecule has 34 heavy (non-hydrogen) atoms. The van der Waals surface area contributed by atoms with Crippen LogP contribution in [0.2, 0.25) is 0 Å². The third-order valence-electron chi connectivity index (χ3n) is 6.75. The highest BCUT2D eigenvalue weighted by molar-refractivity contribution is 5.95. The first-order chi connectivity index (χ1) is 16.4. The molecule has 1 aliphatic rings. The van der Waals surface area contributed by atoms with Gasteiger partial charge in [0, 0.05) is 36.7 Å². The molecule has 0 N–H and O–H groups in total. The Kier molecular flexibility index (Phi) is 15.3. The number of nitriles is 1. The van der Waals surface area contributed by atoms with Crippen LogP contribution in [0.1, 0.15) is 99.3 Å². The highest BCUT2D eigenvalue weighted by atomic mass is 16.5. The van der Waals surface area contributed by atoms with Gasteiger partial charge in [0.25, 0.3) is 0 Å². The molecule has 0 fully saturated rings. The predicted octanol–water partition coefficient (Wildman–Crippen LogP) is 7.31. The zero-order valence-corrected chi connectivity index (χ0v) is 22.6. The minimum Gasteiger partial charge on any atom is -0.461 e. The van der Waals surface area contributed by atoms with Crippen molar-refractivity contribution in [2.75, 3.05) is 26.4 Å². The highest BCUT2D eigenvalue weighted by Gasteiger charge is 2.21. The molecule has 0 saturated carbocycles. The number of ether oxygens (including phenoxy) is 2. The third-order valence-corrected chi connectivity index (χ3v) is 6.75. The lowest BCUT2D eigenvalue weighted by atomic mass is 10.00. The molecular weight excluding hydrogens is 424 g/mol. The Morgan fingerprint density at radius 1 is 0.941 bits per heavy atom. The van der Waals surface area contributed by atoms with Crippen LogP contribution in [0.3, 0.4) is 0 Å². The molecule has 192 valence electrons. The second-order valence-electron chi connectivity index (χ2n) is 9.53. The smallest absolute Gasteiger partial charge is 0.349 e. The van der Waals surface area contributed by atoms with E-state index in [1.54, 1.807) is 0 Å². The molecule has 1 heterocycles. The van der Waals surface area contributed by atoms with Crippen molar-refractivity contribution in [1.29, 1.82) is 5.26 Å². The number of allylic oxidation sites excluding steroid dienone is 5. The first-order valence-corrected chi connectivity index (χ1v) is 13.4. The van der Waals surface area contributed by atoms with E-state index in [0.717, 1.165) is 63.3 Å². The first kappa shape index (κ1) is 30.0. The lowest BCUT2D eigenvalue weighted by Gasteiger charge is -2.30. The van der Waals surface area contributed by atoms with Crippen molar-refractivity contribution in [2.24, 2.45) is 11.8 Å². The molecule has 5 heteroatoms. The predicted molar refractivity (Wildman–Crippen MR) is 140 cm³/mol. The molecule has 0 spiro atoms. The summed E-state index contributed by atoms with van der Waals surface area (Å²) in [5.74, 6) is 0.497. The quantitative estimate of drug-likeness (QED) is 0.0961. The zero-order chi connectivity index (χ0) is 25.3. The van der Waals surface area contributed by atoms with Gasteiger partial charge in [-0.3, -0.25) is 0 Å². The fourth-order valence-corrected chi connectivity index (χ4v) is 4.29.